The molecule has 2 aromatic heterocycles. The molecule has 0 radical (unpaired) electrons. The van der Waals surface area contributed by atoms with E-state index in [0.717, 1.165) is 32.3 Å². The summed E-state index contributed by atoms with van der Waals surface area (Å²) in [4.78, 5) is 10.9. The Labute approximate surface area is 218 Å². The van der Waals surface area contributed by atoms with Gasteiger partial charge in [-0.25, -0.2) is 9.98 Å². The topological polar surface area (TPSA) is 121 Å². The number of thiophene rings is 2. The second kappa shape index (κ2) is 13.1. The van der Waals surface area contributed by atoms with Crippen molar-refractivity contribution < 1.29 is 9.47 Å². The molecular weight excluding hydrogens is 490 g/mol. The average molecular weight is 520 g/mol. The third-order valence-corrected chi connectivity index (χ3v) is 6.97. The number of nitrogens with two attached hydrogens (primary N) is 3. The molecule has 0 bridgehead atoms. The maximum atomic E-state index is 6.11. The van der Waals surface area contributed by atoms with Crippen LogP contribution in [0.25, 0.3) is 0 Å². The van der Waals surface area contributed by atoms with Gasteiger partial charge in [0.1, 0.15) is 11.7 Å². The van der Waals surface area contributed by atoms with Crippen molar-refractivity contribution in [3.8, 4) is 0 Å². The zero-order valence-corrected chi connectivity index (χ0v) is 21.4. The van der Waals surface area contributed by atoms with Crippen molar-refractivity contribution in [2.24, 2.45) is 27.2 Å². The Morgan fingerprint density at radius 3 is 1.81 bits per heavy atom. The highest BCUT2D eigenvalue weighted by molar-refractivity contribution is 7.12. The smallest absolute Gasteiger partial charge is 0.141 e. The van der Waals surface area contributed by atoms with Gasteiger partial charge in [-0.3, -0.25) is 0 Å². The predicted molar refractivity (Wildman–Crippen MR) is 150 cm³/mol. The summed E-state index contributed by atoms with van der Waals surface area (Å²) in [5, 5.41) is 3.95. The molecule has 0 unspecified atom stereocenters. The number of hydrogen-bond donors (Lipinski definition) is 3. The molecule has 4 rings (SSSR count). The monoisotopic (exact) mass is 519 g/mol. The van der Waals surface area contributed by atoms with Crippen LogP contribution in [0.15, 0.2) is 93.5 Å². The number of rotatable bonds is 12. The van der Waals surface area contributed by atoms with Crippen molar-refractivity contribution in [1.82, 2.24) is 0 Å². The third kappa shape index (κ3) is 7.58. The predicted octanol–water partition coefficient (Wildman–Crippen LogP) is 4.94. The Hall–Kier alpha value is -3.34. The lowest BCUT2D eigenvalue weighted by Gasteiger charge is -2.16. The van der Waals surface area contributed by atoms with Crippen LogP contribution < -0.4 is 17.2 Å². The number of amidine groups is 2. The molecule has 7 nitrogen and oxygen atoms in total. The van der Waals surface area contributed by atoms with Gasteiger partial charge in [-0.05, 0) is 58.3 Å². The van der Waals surface area contributed by atoms with Gasteiger partial charge in [-0.2, -0.15) is 0 Å². The molecule has 0 saturated carbocycles. The Balaban J connectivity index is 1.27. The first-order valence-corrected chi connectivity index (χ1v) is 13.2. The first-order chi connectivity index (χ1) is 17.6. The summed E-state index contributed by atoms with van der Waals surface area (Å²) < 4.78 is 11.9. The second-order valence-corrected chi connectivity index (χ2v) is 9.87. The van der Waals surface area contributed by atoms with Crippen LogP contribution in [0.1, 0.15) is 20.9 Å². The maximum absolute atomic E-state index is 6.11. The second-order valence-electron chi connectivity index (χ2n) is 7.97. The first kappa shape index (κ1) is 25.7. The summed E-state index contributed by atoms with van der Waals surface area (Å²) in [5.74, 6) is 1.00. The molecule has 1 atom stereocenters. The van der Waals surface area contributed by atoms with Crippen LogP contribution >= 0.6 is 22.7 Å². The van der Waals surface area contributed by atoms with Crippen LogP contribution in [0.4, 0.5) is 11.4 Å². The summed E-state index contributed by atoms with van der Waals surface area (Å²) in [6.07, 6.45) is -0.232. The van der Waals surface area contributed by atoms with E-state index in [1.54, 1.807) is 22.7 Å². The van der Waals surface area contributed by atoms with E-state index < -0.39 is 0 Å². The van der Waals surface area contributed by atoms with Gasteiger partial charge in [-0.1, -0.05) is 36.4 Å². The molecule has 0 aliphatic heterocycles. The minimum atomic E-state index is -0.232. The number of benzene rings is 2. The first-order valence-electron chi connectivity index (χ1n) is 11.4. The minimum absolute atomic E-state index is 0.232. The molecule has 36 heavy (non-hydrogen) atoms. The highest BCUT2D eigenvalue weighted by Gasteiger charge is 2.09. The van der Waals surface area contributed by atoms with E-state index in [4.69, 9.17) is 26.7 Å². The Morgan fingerprint density at radius 2 is 1.31 bits per heavy atom. The molecule has 2 heterocycles. The fourth-order valence-corrected chi connectivity index (χ4v) is 4.63. The quantitative estimate of drug-likeness (QED) is 0.181. The largest absolute Gasteiger partial charge is 0.383 e. The lowest BCUT2D eigenvalue weighted by Crippen LogP contribution is -2.28. The summed E-state index contributed by atoms with van der Waals surface area (Å²) in [7, 11) is 0. The van der Waals surface area contributed by atoms with Gasteiger partial charge in [0.2, 0.25) is 0 Å². The van der Waals surface area contributed by atoms with Gasteiger partial charge in [0.15, 0.2) is 0 Å². The Bertz CT molecular complexity index is 1290. The van der Waals surface area contributed by atoms with Crippen LogP contribution in [0.3, 0.4) is 0 Å². The van der Waals surface area contributed by atoms with Crippen molar-refractivity contribution in [2.75, 3.05) is 13.2 Å². The van der Waals surface area contributed by atoms with Gasteiger partial charge in [0.05, 0.1) is 47.1 Å². The number of aliphatic imine (C=N–C) groups is 2. The maximum Gasteiger partial charge on any atom is 0.141 e. The van der Waals surface area contributed by atoms with E-state index in [-0.39, 0.29) is 6.10 Å². The molecule has 9 heteroatoms. The number of ether oxygens (including phenoxy) is 2. The molecule has 0 spiro atoms. The molecule has 0 aliphatic rings. The molecule has 0 amide bonds. The lowest BCUT2D eigenvalue weighted by molar-refractivity contribution is -0.0245. The highest BCUT2D eigenvalue weighted by atomic mass is 32.1. The fourth-order valence-electron chi connectivity index (χ4n) is 3.38. The minimum Gasteiger partial charge on any atom is -0.383 e. The lowest BCUT2D eigenvalue weighted by atomic mass is 10.2. The van der Waals surface area contributed by atoms with Crippen LogP contribution in [-0.2, 0) is 22.7 Å². The van der Waals surface area contributed by atoms with Gasteiger partial charge in [0, 0.05) is 6.54 Å². The molecule has 4 aromatic rings. The molecule has 186 valence electrons. The fraction of sp³-hybridized carbons (Fsp3) is 0.185. The van der Waals surface area contributed by atoms with Crippen LogP contribution in [-0.4, -0.2) is 30.9 Å². The summed E-state index contributed by atoms with van der Waals surface area (Å²) >= 11 is 3.12. The highest BCUT2D eigenvalue weighted by Crippen LogP contribution is 2.19. The molecule has 0 fully saturated rings. The Kier molecular flexibility index (Phi) is 9.37. The van der Waals surface area contributed by atoms with Crippen molar-refractivity contribution in [2.45, 2.75) is 19.3 Å². The number of nitrogens with zero attached hydrogens (tertiary/aromatic N) is 2. The van der Waals surface area contributed by atoms with Crippen LogP contribution in [0.2, 0.25) is 0 Å². The van der Waals surface area contributed by atoms with E-state index >= 15 is 0 Å². The molecule has 0 aliphatic carbocycles. The van der Waals surface area contributed by atoms with Gasteiger partial charge in [0.25, 0.3) is 0 Å². The van der Waals surface area contributed by atoms with E-state index in [1.165, 1.54) is 0 Å². The zero-order chi connectivity index (χ0) is 25.2. The standard InChI is InChI=1S/C27H29N5O2S2/c28-15-23(34-17-20-6-2-8-22(14-20)32-27(30)25-10-4-12-36-25)18-33-16-19-5-1-7-21(13-19)31-26(29)24-9-3-11-35-24/h1-14,23H,15-18,28H2,(H2,29,31)(H2,30,32)/t23-/m0/s1. The Morgan fingerprint density at radius 1 is 0.750 bits per heavy atom. The number of hydrogen-bond acceptors (Lipinski definition) is 7. The summed E-state index contributed by atoms with van der Waals surface area (Å²) in [5.41, 5.74) is 21.7. The van der Waals surface area contributed by atoms with Crippen molar-refractivity contribution in [3.63, 3.8) is 0 Å². The summed E-state index contributed by atoms with van der Waals surface area (Å²) in [6, 6.07) is 23.4. The van der Waals surface area contributed by atoms with Crippen molar-refractivity contribution in [1.29, 1.82) is 0 Å². The zero-order valence-electron chi connectivity index (χ0n) is 19.7. The molecule has 6 N–H and O–H groups in total. The van der Waals surface area contributed by atoms with E-state index in [2.05, 4.69) is 9.98 Å². The molecule has 2 aromatic carbocycles. The van der Waals surface area contributed by atoms with E-state index in [0.29, 0.717) is 38.0 Å². The van der Waals surface area contributed by atoms with Gasteiger partial charge in [-0.15, -0.1) is 22.7 Å². The normalized spacial score (nSPS) is 13.1. The van der Waals surface area contributed by atoms with E-state index in [9.17, 15) is 0 Å². The van der Waals surface area contributed by atoms with Crippen molar-refractivity contribution >= 4 is 45.7 Å². The van der Waals surface area contributed by atoms with Crippen LogP contribution in [0.5, 0.6) is 0 Å². The SMILES string of the molecule is NC[C@@H](COCc1cccc(N=C(N)c2cccs2)c1)OCc1cccc(N=C(N)c2cccs2)c1. The van der Waals surface area contributed by atoms with Crippen LogP contribution in [0, 0.1) is 0 Å². The molecule has 0 saturated heterocycles. The summed E-state index contributed by atoms with van der Waals surface area (Å²) in [6.45, 7) is 1.56. The molecular formula is C27H29N5O2S2. The van der Waals surface area contributed by atoms with Gasteiger partial charge < -0.3 is 26.7 Å². The third-order valence-electron chi connectivity index (χ3n) is 5.19. The average Bonchev–Trinajstić information content (AvgIpc) is 3.62. The van der Waals surface area contributed by atoms with E-state index in [1.807, 2.05) is 83.6 Å². The van der Waals surface area contributed by atoms with Crippen molar-refractivity contribution in [3.05, 3.63) is 104 Å². The van der Waals surface area contributed by atoms with Gasteiger partial charge >= 0.3 is 0 Å².